The molecule has 0 aromatic heterocycles. The second-order valence-electron chi connectivity index (χ2n) is 5.64. The lowest BCUT2D eigenvalue weighted by Gasteiger charge is -2.34. The van der Waals surface area contributed by atoms with E-state index in [-0.39, 0.29) is 17.4 Å². The Morgan fingerprint density at radius 3 is 2.90 bits per heavy atom. The van der Waals surface area contributed by atoms with Crippen LogP contribution in [0.4, 0.5) is 16.2 Å². The molecule has 3 N–H and O–H groups in total. The van der Waals surface area contributed by atoms with Gasteiger partial charge in [-0.3, -0.25) is 4.79 Å². The summed E-state index contributed by atoms with van der Waals surface area (Å²) < 4.78 is 0. The molecule has 2 heterocycles. The summed E-state index contributed by atoms with van der Waals surface area (Å²) in [5.74, 6) is -0.00236. The Morgan fingerprint density at radius 1 is 1.40 bits per heavy atom. The first-order valence-corrected chi connectivity index (χ1v) is 6.64. The third-order valence-corrected chi connectivity index (χ3v) is 3.97. The number of anilines is 2. The normalized spacial score (nSPS) is 22.6. The molecule has 0 spiro atoms. The van der Waals surface area contributed by atoms with Crippen LogP contribution in [0.25, 0.3) is 0 Å². The van der Waals surface area contributed by atoms with Gasteiger partial charge >= 0.3 is 6.03 Å². The van der Waals surface area contributed by atoms with Crippen LogP contribution in [0.3, 0.4) is 0 Å². The van der Waals surface area contributed by atoms with Crippen molar-refractivity contribution in [2.75, 3.05) is 37.8 Å². The zero-order chi connectivity index (χ0) is 14.3. The number of rotatable bonds is 2. The molecule has 6 heteroatoms. The summed E-state index contributed by atoms with van der Waals surface area (Å²) in [4.78, 5) is 25.2. The van der Waals surface area contributed by atoms with Crippen molar-refractivity contribution >= 4 is 23.3 Å². The summed E-state index contributed by atoms with van der Waals surface area (Å²) >= 11 is 0. The van der Waals surface area contributed by atoms with Crippen molar-refractivity contribution in [2.24, 2.45) is 0 Å². The Kier molecular flexibility index (Phi) is 2.81. The van der Waals surface area contributed by atoms with Gasteiger partial charge in [-0.05, 0) is 12.1 Å². The molecule has 1 atom stereocenters. The molecule has 1 aromatic rings. The van der Waals surface area contributed by atoms with E-state index in [2.05, 4.69) is 16.0 Å². The summed E-state index contributed by atoms with van der Waals surface area (Å²) in [5, 5.41) is 9.15. The zero-order valence-electron chi connectivity index (χ0n) is 11.6. The second kappa shape index (κ2) is 4.40. The van der Waals surface area contributed by atoms with E-state index in [0.717, 1.165) is 16.9 Å². The minimum atomic E-state index is -0.347. The molecule has 1 aromatic carbocycles. The quantitative estimate of drug-likeness (QED) is 0.752. The molecule has 3 amide bonds. The van der Waals surface area contributed by atoms with Crippen molar-refractivity contribution in [3.05, 3.63) is 23.8 Å². The zero-order valence-corrected chi connectivity index (χ0v) is 11.6. The fourth-order valence-corrected chi connectivity index (χ4v) is 3.00. The van der Waals surface area contributed by atoms with Crippen LogP contribution in [0.2, 0.25) is 0 Å². The predicted octanol–water partition coefficient (Wildman–Crippen LogP) is 0.963. The van der Waals surface area contributed by atoms with Gasteiger partial charge in [0, 0.05) is 56.0 Å². The molecule has 0 aliphatic carbocycles. The van der Waals surface area contributed by atoms with Gasteiger partial charge in [0.15, 0.2) is 0 Å². The minimum absolute atomic E-state index is 0.00236. The van der Waals surface area contributed by atoms with Gasteiger partial charge in [-0.1, -0.05) is 6.07 Å². The Morgan fingerprint density at radius 2 is 2.15 bits per heavy atom. The summed E-state index contributed by atoms with van der Waals surface area (Å²) in [6.45, 7) is 1.12. The van der Waals surface area contributed by atoms with E-state index in [4.69, 9.17) is 0 Å². The fraction of sp³-hybridized carbons (Fsp3) is 0.429. The van der Waals surface area contributed by atoms with Crippen molar-refractivity contribution in [3.63, 3.8) is 0 Å². The number of nitrogens with one attached hydrogen (secondary N) is 3. The monoisotopic (exact) mass is 274 g/mol. The van der Waals surface area contributed by atoms with Crippen molar-refractivity contribution in [2.45, 2.75) is 11.8 Å². The maximum Gasteiger partial charge on any atom is 0.316 e. The average molecular weight is 274 g/mol. The minimum Gasteiger partial charge on any atom is -0.384 e. The van der Waals surface area contributed by atoms with E-state index in [1.807, 2.05) is 18.2 Å². The predicted molar refractivity (Wildman–Crippen MR) is 76.9 cm³/mol. The van der Waals surface area contributed by atoms with Crippen molar-refractivity contribution in [1.29, 1.82) is 0 Å². The van der Waals surface area contributed by atoms with Gasteiger partial charge in [0.05, 0.1) is 0 Å². The van der Waals surface area contributed by atoms with Crippen molar-refractivity contribution < 1.29 is 9.59 Å². The van der Waals surface area contributed by atoms with E-state index in [1.165, 1.54) is 4.90 Å². The standard InChI is InChI=1S/C14H18N4O2/c1-18(2)13(20)16-8-14-6-11(19)17-10-5-3-4-9(12(10)14)15-7-14/h3-5,15H,6-8H2,1-2H3,(H,16,20)(H,17,19). The first-order valence-electron chi connectivity index (χ1n) is 6.64. The Hall–Kier alpha value is -2.24. The van der Waals surface area contributed by atoms with Crippen molar-refractivity contribution in [3.8, 4) is 0 Å². The molecule has 20 heavy (non-hydrogen) atoms. The molecule has 0 fully saturated rings. The molecule has 2 aliphatic rings. The van der Waals surface area contributed by atoms with Gasteiger partial charge < -0.3 is 20.9 Å². The van der Waals surface area contributed by atoms with Gasteiger partial charge in [-0.2, -0.15) is 0 Å². The summed E-state index contributed by atoms with van der Waals surface area (Å²) in [5.41, 5.74) is 2.66. The van der Waals surface area contributed by atoms with Crippen LogP contribution in [-0.4, -0.2) is 44.0 Å². The van der Waals surface area contributed by atoms with Crippen LogP contribution in [0.15, 0.2) is 18.2 Å². The number of hydrogen-bond donors (Lipinski definition) is 3. The molecule has 0 bridgehead atoms. The lowest BCUT2D eigenvalue weighted by Crippen LogP contribution is -2.49. The second-order valence-corrected chi connectivity index (χ2v) is 5.64. The highest BCUT2D eigenvalue weighted by Gasteiger charge is 2.45. The van der Waals surface area contributed by atoms with Gasteiger partial charge in [-0.15, -0.1) is 0 Å². The number of benzene rings is 1. The SMILES string of the molecule is CN(C)C(=O)NCC12CNc3cccc(c31)NC(=O)C2. The number of carbonyl (C=O) groups is 2. The molecule has 0 radical (unpaired) electrons. The Balaban J connectivity index is 1.93. The third kappa shape index (κ3) is 1.88. The highest BCUT2D eigenvalue weighted by molar-refractivity contribution is 5.98. The molecule has 6 nitrogen and oxygen atoms in total. The van der Waals surface area contributed by atoms with E-state index >= 15 is 0 Å². The maximum atomic E-state index is 11.9. The smallest absolute Gasteiger partial charge is 0.316 e. The summed E-state index contributed by atoms with van der Waals surface area (Å²) in [6.07, 6.45) is 0.387. The van der Waals surface area contributed by atoms with Gasteiger partial charge in [0.25, 0.3) is 0 Å². The number of urea groups is 1. The number of amides is 3. The molecular formula is C14H18N4O2. The number of carbonyl (C=O) groups excluding carboxylic acids is 2. The lowest BCUT2D eigenvalue weighted by molar-refractivity contribution is -0.117. The van der Waals surface area contributed by atoms with E-state index in [1.54, 1.807) is 14.1 Å². The highest BCUT2D eigenvalue weighted by Crippen LogP contribution is 2.46. The Bertz CT molecular complexity index is 585. The fourth-order valence-electron chi connectivity index (χ4n) is 3.00. The maximum absolute atomic E-state index is 11.9. The summed E-state index contributed by atoms with van der Waals surface area (Å²) in [7, 11) is 3.40. The Labute approximate surface area is 117 Å². The first kappa shape index (κ1) is 12.8. The van der Waals surface area contributed by atoms with Crippen LogP contribution in [0.1, 0.15) is 12.0 Å². The molecule has 0 saturated heterocycles. The van der Waals surface area contributed by atoms with Crippen LogP contribution < -0.4 is 16.0 Å². The topological polar surface area (TPSA) is 73.5 Å². The molecule has 3 rings (SSSR count). The van der Waals surface area contributed by atoms with Gasteiger partial charge in [-0.25, -0.2) is 4.79 Å². The van der Waals surface area contributed by atoms with Crippen LogP contribution in [-0.2, 0) is 10.2 Å². The van der Waals surface area contributed by atoms with Crippen LogP contribution in [0.5, 0.6) is 0 Å². The van der Waals surface area contributed by atoms with Gasteiger partial charge in [0.2, 0.25) is 5.91 Å². The van der Waals surface area contributed by atoms with E-state index < -0.39 is 0 Å². The van der Waals surface area contributed by atoms with Gasteiger partial charge in [0.1, 0.15) is 0 Å². The van der Waals surface area contributed by atoms with Crippen LogP contribution in [0, 0.1) is 0 Å². The highest BCUT2D eigenvalue weighted by atomic mass is 16.2. The number of nitrogens with zero attached hydrogens (tertiary/aromatic N) is 1. The average Bonchev–Trinajstić information content (AvgIpc) is 2.77. The summed E-state index contributed by atoms with van der Waals surface area (Å²) in [6, 6.07) is 5.69. The molecule has 1 unspecified atom stereocenters. The molecular weight excluding hydrogens is 256 g/mol. The lowest BCUT2D eigenvalue weighted by atomic mass is 9.76. The largest absolute Gasteiger partial charge is 0.384 e. The molecule has 0 saturated carbocycles. The van der Waals surface area contributed by atoms with E-state index in [9.17, 15) is 9.59 Å². The molecule has 2 aliphatic heterocycles. The first-order chi connectivity index (χ1) is 9.52. The van der Waals surface area contributed by atoms with Crippen LogP contribution >= 0.6 is 0 Å². The molecule has 106 valence electrons. The third-order valence-electron chi connectivity index (χ3n) is 3.97. The van der Waals surface area contributed by atoms with E-state index in [0.29, 0.717) is 19.5 Å². The van der Waals surface area contributed by atoms with Crippen molar-refractivity contribution in [1.82, 2.24) is 10.2 Å². The number of hydrogen-bond acceptors (Lipinski definition) is 3.